The standard InChI is InChI=1S/C20H27N3O6/c1-27-16-5-3-14(13-17(16)28-2)7-8-23-19(25)15(21-20(23)26)4-6-18(24)22-9-11-29-12-10-22/h3,5,13,15H,4,6-12H2,1-2H3,(H,21,26)/t15-/m0/s1. The zero-order chi connectivity index (χ0) is 20.8. The molecule has 0 saturated carbocycles. The summed E-state index contributed by atoms with van der Waals surface area (Å²) in [7, 11) is 3.12. The van der Waals surface area contributed by atoms with E-state index < -0.39 is 12.1 Å². The van der Waals surface area contributed by atoms with Crippen molar-refractivity contribution in [3.63, 3.8) is 0 Å². The van der Waals surface area contributed by atoms with Crippen molar-refractivity contribution in [2.24, 2.45) is 0 Å². The molecule has 2 heterocycles. The SMILES string of the molecule is COc1ccc(CCN2C(=O)N[C@@H](CCC(=O)N3CCOCC3)C2=O)cc1OC. The van der Waals surface area contributed by atoms with Gasteiger partial charge in [0.05, 0.1) is 27.4 Å². The number of morpholine rings is 1. The monoisotopic (exact) mass is 405 g/mol. The van der Waals surface area contributed by atoms with E-state index in [1.807, 2.05) is 12.1 Å². The highest BCUT2D eigenvalue weighted by atomic mass is 16.5. The Kier molecular flexibility index (Phi) is 6.92. The number of methoxy groups -OCH3 is 2. The van der Waals surface area contributed by atoms with Crippen molar-refractivity contribution in [2.75, 3.05) is 47.1 Å². The summed E-state index contributed by atoms with van der Waals surface area (Å²) in [5.41, 5.74) is 0.925. The summed E-state index contributed by atoms with van der Waals surface area (Å²) in [6.07, 6.45) is 1.02. The van der Waals surface area contributed by atoms with Crippen LogP contribution in [0.15, 0.2) is 18.2 Å². The number of urea groups is 1. The van der Waals surface area contributed by atoms with Crippen LogP contribution >= 0.6 is 0 Å². The molecule has 1 atom stereocenters. The molecule has 2 saturated heterocycles. The molecule has 0 spiro atoms. The van der Waals surface area contributed by atoms with Gasteiger partial charge in [0.2, 0.25) is 5.91 Å². The minimum atomic E-state index is -0.655. The van der Waals surface area contributed by atoms with E-state index >= 15 is 0 Å². The van der Waals surface area contributed by atoms with Gasteiger partial charge in [0, 0.05) is 26.1 Å². The second kappa shape index (κ2) is 9.60. The number of benzene rings is 1. The highest BCUT2D eigenvalue weighted by Gasteiger charge is 2.37. The number of rotatable bonds is 8. The molecule has 2 aliphatic heterocycles. The Bertz CT molecular complexity index is 763. The quantitative estimate of drug-likeness (QED) is 0.643. The summed E-state index contributed by atoms with van der Waals surface area (Å²) < 4.78 is 15.7. The first-order chi connectivity index (χ1) is 14.0. The van der Waals surface area contributed by atoms with Crippen molar-refractivity contribution in [1.29, 1.82) is 0 Å². The zero-order valence-electron chi connectivity index (χ0n) is 16.8. The second-order valence-electron chi connectivity index (χ2n) is 6.96. The van der Waals surface area contributed by atoms with Gasteiger partial charge in [-0.25, -0.2) is 4.79 Å². The lowest BCUT2D eigenvalue weighted by Crippen LogP contribution is -2.41. The van der Waals surface area contributed by atoms with Crippen LogP contribution in [0.2, 0.25) is 0 Å². The first-order valence-electron chi connectivity index (χ1n) is 9.71. The van der Waals surface area contributed by atoms with E-state index in [-0.39, 0.29) is 24.8 Å². The Morgan fingerprint density at radius 3 is 2.59 bits per heavy atom. The number of nitrogens with one attached hydrogen (secondary N) is 1. The predicted molar refractivity (Wildman–Crippen MR) is 104 cm³/mol. The third-order valence-corrected chi connectivity index (χ3v) is 5.19. The van der Waals surface area contributed by atoms with Gasteiger partial charge in [-0.3, -0.25) is 14.5 Å². The average Bonchev–Trinajstić information content (AvgIpc) is 3.03. The van der Waals surface area contributed by atoms with Crippen LogP contribution in [0, 0.1) is 0 Å². The number of imide groups is 1. The third kappa shape index (κ3) is 4.97. The number of hydrogen-bond acceptors (Lipinski definition) is 6. The topological polar surface area (TPSA) is 97.4 Å². The third-order valence-electron chi connectivity index (χ3n) is 5.19. The van der Waals surface area contributed by atoms with Crippen LogP contribution in [-0.4, -0.2) is 80.8 Å². The maximum Gasteiger partial charge on any atom is 0.324 e. The lowest BCUT2D eigenvalue weighted by Gasteiger charge is -2.27. The fourth-order valence-electron chi connectivity index (χ4n) is 3.50. The van der Waals surface area contributed by atoms with Crippen LogP contribution in [0.3, 0.4) is 0 Å². The molecule has 1 aromatic carbocycles. The average molecular weight is 405 g/mol. The summed E-state index contributed by atoms with van der Waals surface area (Å²) in [5.74, 6) is 0.919. The molecule has 2 aliphatic rings. The first-order valence-corrected chi connectivity index (χ1v) is 9.71. The predicted octanol–water partition coefficient (Wildman–Crippen LogP) is 0.806. The summed E-state index contributed by atoms with van der Waals surface area (Å²) >= 11 is 0. The molecule has 0 radical (unpaired) electrons. The molecule has 3 rings (SSSR count). The number of amides is 4. The molecular formula is C20H27N3O6. The van der Waals surface area contributed by atoms with Crippen LogP contribution in [0.4, 0.5) is 4.79 Å². The summed E-state index contributed by atoms with van der Waals surface area (Å²) in [6, 6.07) is 4.42. The van der Waals surface area contributed by atoms with E-state index in [1.165, 1.54) is 4.90 Å². The van der Waals surface area contributed by atoms with Gasteiger partial charge in [-0.15, -0.1) is 0 Å². The highest BCUT2D eigenvalue weighted by Crippen LogP contribution is 2.28. The van der Waals surface area contributed by atoms with Gasteiger partial charge < -0.3 is 24.4 Å². The molecule has 1 aromatic rings. The lowest BCUT2D eigenvalue weighted by atomic mass is 10.1. The number of carbonyl (C=O) groups is 3. The Morgan fingerprint density at radius 2 is 1.90 bits per heavy atom. The fraction of sp³-hybridized carbons (Fsp3) is 0.550. The second-order valence-corrected chi connectivity index (χ2v) is 6.96. The van der Waals surface area contributed by atoms with Crippen molar-refractivity contribution >= 4 is 17.8 Å². The minimum absolute atomic E-state index is 0.0147. The largest absolute Gasteiger partial charge is 0.493 e. The molecule has 1 N–H and O–H groups in total. The Morgan fingerprint density at radius 1 is 1.17 bits per heavy atom. The van der Waals surface area contributed by atoms with Gasteiger partial charge in [-0.1, -0.05) is 6.07 Å². The maximum absolute atomic E-state index is 12.6. The van der Waals surface area contributed by atoms with Gasteiger partial charge in [-0.05, 0) is 30.5 Å². The van der Waals surface area contributed by atoms with Gasteiger partial charge in [0.1, 0.15) is 6.04 Å². The molecule has 29 heavy (non-hydrogen) atoms. The molecular weight excluding hydrogens is 378 g/mol. The van der Waals surface area contributed by atoms with Crippen LogP contribution in [0.5, 0.6) is 11.5 Å². The Balaban J connectivity index is 1.51. The van der Waals surface area contributed by atoms with Gasteiger partial charge >= 0.3 is 6.03 Å². The van der Waals surface area contributed by atoms with E-state index in [1.54, 1.807) is 25.2 Å². The zero-order valence-corrected chi connectivity index (χ0v) is 16.8. The molecule has 4 amide bonds. The van der Waals surface area contributed by atoms with E-state index in [9.17, 15) is 14.4 Å². The van der Waals surface area contributed by atoms with Crippen LogP contribution in [-0.2, 0) is 20.7 Å². The molecule has 0 bridgehead atoms. The van der Waals surface area contributed by atoms with Gasteiger partial charge in [0.15, 0.2) is 11.5 Å². The molecule has 2 fully saturated rings. The first kappa shape index (κ1) is 20.9. The number of ether oxygens (including phenoxy) is 3. The molecule has 9 nitrogen and oxygen atoms in total. The molecule has 0 aliphatic carbocycles. The Hall–Kier alpha value is -2.81. The fourth-order valence-corrected chi connectivity index (χ4v) is 3.50. The minimum Gasteiger partial charge on any atom is -0.493 e. The summed E-state index contributed by atoms with van der Waals surface area (Å²) in [4.78, 5) is 40.0. The van der Waals surface area contributed by atoms with Crippen molar-refractivity contribution in [3.05, 3.63) is 23.8 Å². The van der Waals surface area contributed by atoms with Gasteiger partial charge in [-0.2, -0.15) is 0 Å². The van der Waals surface area contributed by atoms with Crippen molar-refractivity contribution in [3.8, 4) is 11.5 Å². The van der Waals surface area contributed by atoms with E-state index in [0.29, 0.717) is 50.6 Å². The van der Waals surface area contributed by atoms with Gasteiger partial charge in [0.25, 0.3) is 5.91 Å². The normalized spacial score (nSPS) is 19.3. The van der Waals surface area contributed by atoms with Crippen molar-refractivity contribution in [2.45, 2.75) is 25.3 Å². The highest BCUT2D eigenvalue weighted by molar-refractivity contribution is 6.04. The summed E-state index contributed by atoms with van der Waals surface area (Å²) in [6.45, 7) is 2.47. The van der Waals surface area contributed by atoms with E-state index in [4.69, 9.17) is 14.2 Å². The number of carbonyl (C=O) groups excluding carboxylic acids is 3. The number of nitrogens with zero attached hydrogens (tertiary/aromatic N) is 2. The molecule has 0 unspecified atom stereocenters. The molecule has 158 valence electrons. The lowest BCUT2D eigenvalue weighted by molar-refractivity contribution is -0.135. The van der Waals surface area contributed by atoms with E-state index in [0.717, 1.165) is 5.56 Å². The molecule has 0 aromatic heterocycles. The smallest absolute Gasteiger partial charge is 0.324 e. The Labute approximate surface area is 169 Å². The molecule has 9 heteroatoms. The van der Waals surface area contributed by atoms with Crippen LogP contribution in [0.25, 0.3) is 0 Å². The van der Waals surface area contributed by atoms with Crippen molar-refractivity contribution in [1.82, 2.24) is 15.1 Å². The van der Waals surface area contributed by atoms with E-state index in [2.05, 4.69) is 5.32 Å². The summed E-state index contributed by atoms with van der Waals surface area (Å²) in [5, 5.41) is 2.69. The number of hydrogen-bond donors (Lipinski definition) is 1. The van der Waals surface area contributed by atoms with Crippen LogP contribution in [0.1, 0.15) is 18.4 Å². The van der Waals surface area contributed by atoms with Crippen LogP contribution < -0.4 is 14.8 Å². The van der Waals surface area contributed by atoms with Crippen molar-refractivity contribution < 1.29 is 28.6 Å². The maximum atomic E-state index is 12.6.